The number of carbonyl (C=O) groups is 2. The minimum Gasteiger partial charge on any atom is -0.446 e. The predicted molar refractivity (Wildman–Crippen MR) is 96.4 cm³/mol. The van der Waals surface area contributed by atoms with E-state index in [9.17, 15) is 9.59 Å². The van der Waals surface area contributed by atoms with Crippen LogP contribution in [0.1, 0.15) is 59.8 Å². The maximum Gasteiger partial charge on any atom is 0.410 e. The van der Waals surface area contributed by atoms with Crippen LogP contribution in [0.25, 0.3) is 0 Å². The first-order valence-electron chi connectivity index (χ1n) is 9.26. The van der Waals surface area contributed by atoms with E-state index in [1.54, 1.807) is 4.90 Å². The topological polar surface area (TPSA) is 67.9 Å². The van der Waals surface area contributed by atoms with Crippen molar-refractivity contribution in [1.29, 1.82) is 0 Å². The second-order valence-electron chi connectivity index (χ2n) is 8.27. The Morgan fingerprint density at radius 1 is 1.32 bits per heavy atom. The number of nitrogens with one attached hydrogen (secondary N) is 1. The highest BCUT2D eigenvalue weighted by atomic mass is 16.6. The van der Waals surface area contributed by atoms with Crippen molar-refractivity contribution in [2.24, 2.45) is 5.92 Å². The molecule has 0 aromatic rings. The van der Waals surface area contributed by atoms with Gasteiger partial charge in [0, 0.05) is 13.1 Å². The Morgan fingerprint density at radius 2 is 2.04 bits per heavy atom. The molecule has 1 saturated carbocycles. The normalized spacial score (nSPS) is 25.4. The molecule has 1 saturated heterocycles. The largest absolute Gasteiger partial charge is 0.446 e. The monoisotopic (exact) mass is 352 g/mol. The van der Waals surface area contributed by atoms with Crippen molar-refractivity contribution in [1.82, 2.24) is 10.2 Å². The maximum atomic E-state index is 12.4. The zero-order chi connectivity index (χ0) is 18.6. The maximum absolute atomic E-state index is 12.4. The van der Waals surface area contributed by atoms with Gasteiger partial charge in [-0.2, -0.15) is 0 Å². The summed E-state index contributed by atoms with van der Waals surface area (Å²) in [5.41, 5.74) is 0.725. The molecule has 0 spiro atoms. The Morgan fingerprint density at radius 3 is 2.68 bits per heavy atom. The van der Waals surface area contributed by atoms with Crippen molar-refractivity contribution < 1.29 is 19.1 Å². The summed E-state index contributed by atoms with van der Waals surface area (Å²) in [6, 6.07) is -0.0906. The highest BCUT2D eigenvalue weighted by Crippen LogP contribution is 2.31. The highest BCUT2D eigenvalue weighted by molar-refractivity contribution is 5.70. The van der Waals surface area contributed by atoms with Crippen molar-refractivity contribution in [3.63, 3.8) is 0 Å². The molecule has 0 aromatic carbocycles. The van der Waals surface area contributed by atoms with Crippen LogP contribution in [-0.4, -0.2) is 47.9 Å². The fourth-order valence-corrected chi connectivity index (χ4v) is 3.44. The number of hydrogen-bond donors (Lipinski definition) is 1. The number of likely N-dealkylation sites (tertiary alicyclic amines) is 1. The minimum absolute atomic E-state index is 0.0906. The first-order valence-corrected chi connectivity index (χ1v) is 9.26. The van der Waals surface area contributed by atoms with Crippen molar-refractivity contribution >= 4 is 12.2 Å². The summed E-state index contributed by atoms with van der Waals surface area (Å²) in [6.07, 6.45) is 4.09. The average Bonchev–Trinajstić information content (AvgIpc) is 2.93. The van der Waals surface area contributed by atoms with Crippen molar-refractivity contribution in [2.75, 3.05) is 13.1 Å². The molecule has 0 aromatic heterocycles. The molecule has 1 N–H and O–H groups in total. The number of alkyl carbamates (subject to hydrolysis) is 1. The molecule has 2 aliphatic rings. The molecule has 2 rings (SSSR count). The number of nitrogens with zero attached hydrogens (tertiary/aromatic N) is 1. The third-order valence-corrected chi connectivity index (χ3v) is 4.77. The van der Waals surface area contributed by atoms with Crippen molar-refractivity contribution in [2.45, 2.75) is 77.5 Å². The van der Waals surface area contributed by atoms with Crippen molar-refractivity contribution in [3.05, 3.63) is 12.2 Å². The van der Waals surface area contributed by atoms with Crippen LogP contribution >= 0.6 is 0 Å². The van der Waals surface area contributed by atoms with E-state index in [0.29, 0.717) is 25.4 Å². The van der Waals surface area contributed by atoms with Gasteiger partial charge in [0.05, 0.1) is 6.04 Å². The second-order valence-corrected chi connectivity index (χ2v) is 8.27. The molecule has 6 heteroatoms. The molecule has 142 valence electrons. The van der Waals surface area contributed by atoms with Crippen LogP contribution in [0.5, 0.6) is 0 Å². The van der Waals surface area contributed by atoms with Crippen LogP contribution in [0, 0.1) is 5.92 Å². The van der Waals surface area contributed by atoms with Gasteiger partial charge in [-0.3, -0.25) is 0 Å². The van der Waals surface area contributed by atoms with Gasteiger partial charge in [-0.15, -0.1) is 0 Å². The van der Waals surface area contributed by atoms with E-state index in [2.05, 4.69) is 11.9 Å². The SMILES string of the molecule is C=C1CCCC(C(C)OC(=O)N2CCC(NC(=O)OC(C)(C)C)C2)C1. The molecule has 6 nitrogen and oxygen atoms in total. The molecule has 3 unspecified atom stereocenters. The summed E-state index contributed by atoms with van der Waals surface area (Å²) in [6.45, 7) is 12.6. The van der Waals surface area contributed by atoms with E-state index in [4.69, 9.17) is 9.47 Å². The van der Waals surface area contributed by atoms with Crippen molar-refractivity contribution in [3.8, 4) is 0 Å². The number of allylic oxidation sites excluding steroid dienone is 1. The first-order chi connectivity index (χ1) is 11.6. The van der Waals surface area contributed by atoms with Gasteiger partial charge < -0.3 is 19.7 Å². The molecule has 2 fully saturated rings. The van der Waals surface area contributed by atoms with Crippen LogP contribution in [-0.2, 0) is 9.47 Å². The number of ether oxygens (including phenoxy) is 2. The zero-order valence-electron chi connectivity index (χ0n) is 16.0. The first kappa shape index (κ1) is 19.6. The summed E-state index contributed by atoms with van der Waals surface area (Å²) in [5, 5.41) is 2.82. The van der Waals surface area contributed by atoms with Gasteiger partial charge in [0.15, 0.2) is 0 Å². The van der Waals surface area contributed by atoms with Gasteiger partial charge in [-0.1, -0.05) is 12.2 Å². The predicted octanol–water partition coefficient (Wildman–Crippen LogP) is 3.86. The molecule has 3 atom stereocenters. The van der Waals surface area contributed by atoms with Crippen LogP contribution < -0.4 is 5.32 Å². The summed E-state index contributed by atoms with van der Waals surface area (Å²) in [5.74, 6) is 0.364. The molecule has 0 bridgehead atoms. The summed E-state index contributed by atoms with van der Waals surface area (Å²) >= 11 is 0. The molecule has 0 radical (unpaired) electrons. The van der Waals surface area contributed by atoms with Gasteiger partial charge in [-0.25, -0.2) is 9.59 Å². The van der Waals surface area contributed by atoms with Crippen LogP contribution in [0.3, 0.4) is 0 Å². The fraction of sp³-hybridized carbons (Fsp3) is 0.789. The molecule has 2 amide bonds. The Labute approximate surface area is 150 Å². The summed E-state index contributed by atoms with van der Waals surface area (Å²) < 4.78 is 10.9. The second kappa shape index (κ2) is 8.11. The Kier molecular flexibility index (Phi) is 6.36. The van der Waals surface area contributed by atoms with E-state index in [0.717, 1.165) is 25.7 Å². The smallest absolute Gasteiger partial charge is 0.410 e. The number of rotatable bonds is 3. The molecule has 25 heavy (non-hydrogen) atoms. The molecule has 1 aliphatic heterocycles. The summed E-state index contributed by atoms with van der Waals surface area (Å²) in [7, 11) is 0. The van der Waals surface area contributed by atoms with Crippen LogP contribution in [0.15, 0.2) is 12.2 Å². The lowest BCUT2D eigenvalue weighted by Gasteiger charge is -2.30. The molecular weight excluding hydrogens is 320 g/mol. The highest BCUT2D eigenvalue weighted by Gasteiger charge is 2.32. The lowest BCUT2D eigenvalue weighted by atomic mass is 9.83. The lowest BCUT2D eigenvalue weighted by Crippen LogP contribution is -2.42. The average molecular weight is 352 g/mol. The lowest BCUT2D eigenvalue weighted by molar-refractivity contribution is 0.0406. The third-order valence-electron chi connectivity index (χ3n) is 4.77. The van der Waals surface area contributed by atoms with Gasteiger partial charge in [0.2, 0.25) is 0 Å². The van der Waals surface area contributed by atoms with E-state index in [-0.39, 0.29) is 18.2 Å². The van der Waals surface area contributed by atoms with E-state index < -0.39 is 11.7 Å². The number of hydrogen-bond acceptors (Lipinski definition) is 4. The number of amides is 2. The molecular formula is C19H32N2O4. The molecule has 1 aliphatic carbocycles. The minimum atomic E-state index is -0.527. The van der Waals surface area contributed by atoms with Gasteiger partial charge >= 0.3 is 12.2 Å². The van der Waals surface area contributed by atoms with Gasteiger partial charge in [-0.05, 0) is 65.7 Å². The van der Waals surface area contributed by atoms with E-state index in [1.165, 1.54) is 5.57 Å². The van der Waals surface area contributed by atoms with Gasteiger partial charge in [0.25, 0.3) is 0 Å². The quantitative estimate of drug-likeness (QED) is 0.783. The third kappa shape index (κ3) is 6.25. The summed E-state index contributed by atoms with van der Waals surface area (Å²) in [4.78, 5) is 25.9. The fourth-order valence-electron chi connectivity index (χ4n) is 3.44. The van der Waals surface area contributed by atoms with Crippen LogP contribution in [0.2, 0.25) is 0 Å². The Balaban J connectivity index is 1.76. The van der Waals surface area contributed by atoms with Crippen LogP contribution in [0.4, 0.5) is 9.59 Å². The van der Waals surface area contributed by atoms with Gasteiger partial charge in [0.1, 0.15) is 11.7 Å². The number of carbonyl (C=O) groups excluding carboxylic acids is 2. The van der Waals surface area contributed by atoms with E-state index in [1.807, 2.05) is 27.7 Å². The zero-order valence-corrected chi connectivity index (χ0v) is 16.0. The Bertz CT molecular complexity index is 512. The molecule has 1 heterocycles. The van der Waals surface area contributed by atoms with E-state index >= 15 is 0 Å². The standard InChI is InChI=1S/C19H32N2O4/c1-13-7-6-8-15(11-13)14(2)24-18(23)21-10-9-16(12-21)20-17(22)25-19(3,4)5/h14-16H,1,6-12H2,2-5H3,(H,20,22). The Hall–Kier alpha value is -1.72.